The number of anilines is 2. The molecule has 0 spiro atoms. The number of hydrogen-bond donors (Lipinski definition) is 1. The van der Waals surface area contributed by atoms with Gasteiger partial charge in [-0.3, -0.25) is 14.7 Å². The monoisotopic (exact) mass is 422 g/mol. The van der Waals surface area contributed by atoms with E-state index in [9.17, 15) is 4.79 Å². The number of nitrogens with one attached hydrogen (secondary N) is 1. The zero-order chi connectivity index (χ0) is 21.8. The number of pyridine rings is 1. The number of hydrogen-bond acceptors (Lipinski definition) is 5. The predicted octanol–water partition coefficient (Wildman–Crippen LogP) is 3.86. The van der Waals surface area contributed by atoms with E-state index in [1.165, 1.54) is 0 Å². The summed E-state index contributed by atoms with van der Waals surface area (Å²) < 4.78 is 6.26. The Kier molecular flexibility index (Phi) is 6.58. The highest BCUT2D eigenvalue weighted by Gasteiger charge is 2.31. The highest BCUT2D eigenvalue weighted by Crippen LogP contribution is 2.30. The van der Waals surface area contributed by atoms with Gasteiger partial charge in [0.05, 0.1) is 17.8 Å². The minimum absolute atomic E-state index is 0.00872. The average molecular weight is 423 g/mol. The van der Waals surface area contributed by atoms with Crippen molar-refractivity contribution in [2.75, 3.05) is 37.6 Å². The minimum atomic E-state index is 0.00872. The lowest BCUT2D eigenvalue weighted by atomic mass is 9.94. The van der Waals surface area contributed by atoms with Gasteiger partial charge in [0.2, 0.25) is 5.91 Å². The Bertz CT molecular complexity index is 851. The van der Waals surface area contributed by atoms with Crippen molar-refractivity contribution in [1.82, 2.24) is 15.2 Å². The van der Waals surface area contributed by atoms with Gasteiger partial charge in [-0.15, -0.1) is 0 Å². The number of carbonyl (C=O) groups excluding carboxylic acids is 1. The quantitative estimate of drug-likeness (QED) is 0.766. The normalized spacial score (nSPS) is 18.4. The van der Waals surface area contributed by atoms with Crippen molar-refractivity contribution in [2.45, 2.75) is 39.7 Å². The van der Waals surface area contributed by atoms with Gasteiger partial charge in [-0.25, -0.2) is 0 Å². The molecule has 3 heterocycles. The van der Waals surface area contributed by atoms with Crippen LogP contribution in [0.5, 0.6) is 5.75 Å². The van der Waals surface area contributed by atoms with Gasteiger partial charge in [0.15, 0.2) is 0 Å². The van der Waals surface area contributed by atoms with Crippen molar-refractivity contribution in [2.24, 2.45) is 11.3 Å². The summed E-state index contributed by atoms with van der Waals surface area (Å²) in [5.74, 6) is 0.975. The van der Waals surface area contributed by atoms with Crippen LogP contribution in [0, 0.1) is 11.3 Å². The lowest BCUT2D eigenvalue weighted by Gasteiger charge is -2.36. The highest BCUT2D eigenvalue weighted by molar-refractivity contribution is 6.02. The largest absolute Gasteiger partial charge is 0.490 e. The average Bonchev–Trinajstić information content (AvgIpc) is 2.69. The van der Waals surface area contributed by atoms with E-state index in [2.05, 4.69) is 36.0 Å². The molecule has 2 saturated heterocycles. The summed E-state index contributed by atoms with van der Waals surface area (Å²) in [6.45, 7) is 11.6. The molecule has 31 heavy (non-hydrogen) atoms. The molecule has 0 radical (unpaired) electrons. The third kappa shape index (κ3) is 5.63. The van der Waals surface area contributed by atoms with E-state index >= 15 is 0 Å². The number of rotatable bonds is 6. The Morgan fingerprint density at radius 3 is 2.39 bits per heavy atom. The van der Waals surface area contributed by atoms with Crippen molar-refractivity contribution < 1.29 is 9.53 Å². The number of amides is 1. The fourth-order valence-corrected chi connectivity index (χ4v) is 4.26. The first-order chi connectivity index (χ1) is 14.9. The maximum Gasteiger partial charge on any atom is 0.237 e. The number of nitrogens with zero attached hydrogens (tertiary/aromatic N) is 3. The highest BCUT2D eigenvalue weighted by atomic mass is 16.5. The topological polar surface area (TPSA) is 57.7 Å². The lowest BCUT2D eigenvalue weighted by Crippen LogP contribution is -2.51. The molecule has 6 nitrogen and oxygen atoms in total. The molecule has 2 aliphatic heterocycles. The van der Waals surface area contributed by atoms with Crippen molar-refractivity contribution in [3.05, 3.63) is 48.8 Å². The van der Waals surface area contributed by atoms with Crippen LogP contribution < -0.4 is 15.0 Å². The van der Waals surface area contributed by atoms with Crippen LogP contribution in [-0.4, -0.2) is 54.6 Å². The van der Waals surface area contributed by atoms with Crippen molar-refractivity contribution in [1.29, 1.82) is 0 Å². The van der Waals surface area contributed by atoms with E-state index in [-0.39, 0.29) is 17.9 Å². The summed E-state index contributed by atoms with van der Waals surface area (Å²) >= 11 is 0. The van der Waals surface area contributed by atoms with Crippen LogP contribution >= 0.6 is 0 Å². The number of carbonyl (C=O) groups is 1. The first-order valence-electron chi connectivity index (χ1n) is 11.3. The molecule has 4 rings (SSSR count). The standard InChI is InChI=1S/C25H34N4O2/c1-25(2,3)18-28-13-10-23(11-14-28)31-22-8-6-20(7-9-22)29(21-5-4-12-26-17-21)24(30)19-15-27-16-19/h4-9,12,17,19,23,27H,10-11,13-16,18H2,1-3H3. The third-order valence-corrected chi connectivity index (χ3v) is 5.89. The smallest absolute Gasteiger partial charge is 0.237 e. The minimum Gasteiger partial charge on any atom is -0.490 e. The first-order valence-corrected chi connectivity index (χ1v) is 11.3. The number of likely N-dealkylation sites (tertiary alicyclic amines) is 1. The van der Waals surface area contributed by atoms with Crippen LogP contribution in [-0.2, 0) is 4.79 Å². The Morgan fingerprint density at radius 1 is 1.13 bits per heavy atom. The maximum absolute atomic E-state index is 13.1. The Labute approximate surface area is 185 Å². The number of benzene rings is 1. The third-order valence-electron chi connectivity index (χ3n) is 5.89. The van der Waals surface area contributed by atoms with Crippen LogP contribution in [0.3, 0.4) is 0 Å². The predicted molar refractivity (Wildman–Crippen MR) is 124 cm³/mol. The molecule has 1 aromatic heterocycles. The van der Waals surface area contributed by atoms with Crippen LogP contribution in [0.25, 0.3) is 0 Å². The molecule has 0 aliphatic carbocycles. The van der Waals surface area contributed by atoms with Gasteiger partial charge in [0.1, 0.15) is 11.9 Å². The Hall–Kier alpha value is -2.44. The van der Waals surface area contributed by atoms with Crippen molar-refractivity contribution in [3.8, 4) is 5.75 Å². The summed E-state index contributed by atoms with van der Waals surface area (Å²) in [4.78, 5) is 21.6. The molecule has 0 saturated carbocycles. The second-order valence-corrected chi connectivity index (χ2v) is 9.89. The Morgan fingerprint density at radius 2 is 1.84 bits per heavy atom. The van der Waals surface area contributed by atoms with Gasteiger partial charge in [0, 0.05) is 44.6 Å². The molecule has 2 aromatic rings. The maximum atomic E-state index is 13.1. The molecule has 1 amide bonds. The van der Waals surface area contributed by atoms with E-state index in [0.717, 1.165) is 62.7 Å². The van der Waals surface area contributed by atoms with Gasteiger partial charge in [0.25, 0.3) is 0 Å². The van der Waals surface area contributed by atoms with Crippen LogP contribution in [0.2, 0.25) is 0 Å². The summed E-state index contributed by atoms with van der Waals surface area (Å²) in [7, 11) is 0. The van der Waals surface area contributed by atoms with Gasteiger partial charge in [-0.2, -0.15) is 0 Å². The van der Waals surface area contributed by atoms with E-state index in [1.807, 2.05) is 36.4 Å². The van der Waals surface area contributed by atoms with Crippen molar-refractivity contribution in [3.63, 3.8) is 0 Å². The SMILES string of the molecule is CC(C)(C)CN1CCC(Oc2ccc(N(C(=O)C3CNC3)c3cccnc3)cc2)CC1. The van der Waals surface area contributed by atoms with Crippen LogP contribution in [0.15, 0.2) is 48.8 Å². The summed E-state index contributed by atoms with van der Waals surface area (Å²) in [5, 5.41) is 3.18. The molecular weight excluding hydrogens is 388 g/mol. The van der Waals surface area contributed by atoms with Gasteiger partial charge in [-0.05, 0) is 54.7 Å². The molecule has 2 aliphatic rings. The molecule has 0 atom stereocenters. The van der Waals surface area contributed by atoms with Crippen molar-refractivity contribution >= 4 is 17.3 Å². The molecule has 1 aromatic carbocycles. The van der Waals surface area contributed by atoms with E-state index < -0.39 is 0 Å². The molecule has 6 heteroatoms. The van der Waals surface area contributed by atoms with Crippen LogP contribution in [0.1, 0.15) is 33.6 Å². The molecule has 1 N–H and O–H groups in total. The number of piperidine rings is 1. The number of aromatic nitrogens is 1. The van der Waals surface area contributed by atoms with E-state index in [1.54, 1.807) is 17.3 Å². The van der Waals surface area contributed by atoms with E-state index in [4.69, 9.17) is 4.74 Å². The zero-order valence-corrected chi connectivity index (χ0v) is 18.9. The zero-order valence-electron chi connectivity index (χ0n) is 18.9. The molecule has 2 fully saturated rings. The molecule has 0 bridgehead atoms. The molecular formula is C25H34N4O2. The second kappa shape index (κ2) is 9.37. The lowest BCUT2D eigenvalue weighted by molar-refractivity contribution is -0.123. The summed E-state index contributed by atoms with van der Waals surface area (Å²) in [6, 6.07) is 11.7. The molecule has 166 valence electrons. The summed E-state index contributed by atoms with van der Waals surface area (Å²) in [6.07, 6.45) is 5.80. The van der Waals surface area contributed by atoms with Gasteiger partial charge < -0.3 is 15.0 Å². The van der Waals surface area contributed by atoms with E-state index in [0.29, 0.717) is 5.41 Å². The second-order valence-electron chi connectivity index (χ2n) is 9.89. The van der Waals surface area contributed by atoms with Crippen LogP contribution in [0.4, 0.5) is 11.4 Å². The number of ether oxygens (including phenoxy) is 1. The molecule has 0 unspecified atom stereocenters. The summed E-state index contributed by atoms with van der Waals surface area (Å²) in [5.41, 5.74) is 1.97. The Balaban J connectivity index is 1.40. The van der Waals surface area contributed by atoms with Gasteiger partial charge in [-0.1, -0.05) is 20.8 Å². The van der Waals surface area contributed by atoms with Gasteiger partial charge >= 0.3 is 0 Å². The fraction of sp³-hybridized carbons (Fsp3) is 0.520. The fourth-order valence-electron chi connectivity index (χ4n) is 4.26. The first kappa shape index (κ1) is 21.8.